The normalized spacial score (nSPS) is 14.4. The van der Waals surface area contributed by atoms with E-state index in [1.165, 1.54) is 19.5 Å². The zero-order valence-corrected chi connectivity index (χ0v) is 21.1. The highest BCUT2D eigenvalue weighted by atomic mass is 19.1. The van der Waals surface area contributed by atoms with Crippen molar-refractivity contribution in [3.8, 4) is 17.2 Å². The van der Waals surface area contributed by atoms with Crippen LogP contribution >= 0.6 is 0 Å². The van der Waals surface area contributed by atoms with Gasteiger partial charge in [-0.3, -0.25) is 4.79 Å². The fourth-order valence-electron chi connectivity index (χ4n) is 4.32. The van der Waals surface area contributed by atoms with E-state index in [0.29, 0.717) is 45.7 Å². The first-order chi connectivity index (χ1) is 18.5. The highest BCUT2D eigenvalue weighted by molar-refractivity contribution is 6.06. The molecule has 38 heavy (non-hydrogen) atoms. The second-order valence-electron chi connectivity index (χ2n) is 8.56. The molecule has 1 aliphatic heterocycles. The Balaban J connectivity index is 1.43. The summed E-state index contributed by atoms with van der Waals surface area (Å²) in [6.07, 6.45) is 1.43. The van der Waals surface area contributed by atoms with E-state index in [1.54, 1.807) is 60.3 Å². The number of hydrogen-bond donors (Lipinski definition) is 2. The smallest absolute Gasteiger partial charge is 0.255 e. The van der Waals surface area contributed by atoms with Crippen molar-refractivity contribution in [1.82, 2.24) is 14.8 Å². The van der Waals surface area contributed by atoms with Crippen LogP contribution < -0.4 is 24.8 Å². The zero-order chi connectivity index (χ0) is 26.6. The van der Waals surface area contributed by atoms with Crippen LogP contribution in [0.1, 0.15) is 24.1 Å². The Morgan fingerprint density at radius 2 is 1.82 bits per heavy atom. The number of anilines is 2. The summed E-state index contributed by atoms with van der Waals surface area (Å²) in [5.41, 5.74) is 2.81. The van der Waals surface area contributed by atoms with Gasteiger partial charge in [-0.15, -0.1) is 0 Å². The molecule has 0 spiro atoms. The molecule has 5 rings (SSSR count). The van der Waals surface area contributed by atoms with E-state index in [0.717, 1.165) is 5.56 Å². The summed E-state index contributed by atoms with van der Waals surface area (Å²) >= 11 is 0. The Morgan fingerprint density at radius 1 is 1.05 bits per heavy atom. The fourth-order valence-corrected chi connectivity index (χ4v) is 4.32. The van der Waals surface area contributed by atoms with Gasteiger partial charge in [0.1, 0.15) is 42.0 Å². The molecule has 10 heteroatoms. The first-order valence-corrected chi connectivity index (χ1v) is 11.9. The van der Waals surface area contributed by atoms with E-state index in [-0.39, 0.29) is 18.3 Å². The number of fused-ring (bicyclic) bond motifs is 1. The molecule has 0 unspecified atom stereocenters. The summed E-state index contributed by atoms with van der Waals surface area (Å²) < 4.78 is 32.1. The summed E-state index contributed by atoms with van der Waals surface area (Å²) in [6, 6.07) is 18.4. The number of halogens is 1. The molecule has 194 valence electrons. The number of methoxy groups -OCH3 is 2. The van der Waals surface area contributed by atoms with Crippen molar-refractivity contribution in [1.29, 1.82) is 0 Å². The summed E-state index contributed by atoms with van der Waals surface area (Å²) in [7, 11) is 3.08. The lowest BCUT2D eigenvalue weighted by molar-refractivity contribution is -0.113. The minimum Gasteiger partial charge on any atom is -0.497 e. The number of nitrogens with zero attached hydrogens (tertiary/aromatic N) is 3. The van der Waals surface area contributed by atoms with Crippen LogP contribution in [0.2, 0.25) is 0 Å². The molecular weight excluding hydrogens is 489 g/mol. The van der Waals surface area contributed by atoms with Crippen molar-refractivity contribution in [2.75, 3.05) is 24.9 Å². The maximum Gasteiger partial charge on any atom is 0.255 e. The molecule has 1 aromatic heterocycles. The SMILES string of the molecule is COc1ccc(OC)c(NC(=O)C2=C(C)Nc3ncnn3[C@H]2c2ccc(OCc3ccccc3F)cc2)c1. The Morgan fingerprint density at radius 3 is 2.55 bits per heavy atom. The summed E-state index contributed by atoms with van der Waals surface area (Å²) in [4.78, 5) is 18.0. The molecule has 1 atom stereocenters. The number of aromatic nitrogens is 3. The van der Waals surface area contributed by atoms with Crippen LogP contribution in [-0.2, 0) is 11.4 Å². The average molecular weight is 516 g/mol. The van der Waals surface area contributed by atoms with Gasteiger partial charge in [-0.25, -0.2) is 9.07 Å². The Bertz CT molecular complexity index is 1500. The minimum atomic E-state index is -0.564. The molecule has 2 N–H and O–H groups in total. The van der Waals surface area contributed by atoms with Crippen LogP contribution in [0.4, 0.5) is 16.0 Å². The van der Waals surface area contributed by atoms with Gasteiger partial charge in [-0.2, -0.15) is 10.1 Å². The van der Waals surface area contributed by atoms with Crippen LogP contribution in [0.3, 0.4) is 0 Å². The molecule has 1 amide bonds. The molecule has 3 aromatic carbocycles. The maximum atomic E-state index is 14.0. The number of amides is 1. The zero-order valence-electron chi connectivity index (χ0n) is 21.1. The number of rotatable bonds is 8. The lowest BCUT2D eigenvalue weighted by Crippen LogP contribution is -2.31. The van der Waals surface area contributed by atoms with Gasteiger partial charge < -0.3 is 24.8 Å². The van der Waals surface area contributed by atoms with Gasteiger partial charge >= 0.3 is 0 Å². The van der Waals surface area contributed by atoms with E-state index >= 15 is 0 Å². The third-order valence-electron chi connectivity index (χ3n) is 6.24. The number of benzene rings is 3. The molecule has 2 heterocycles. The summed E-state index contributed by atoms with van der Waals surface area (Å²) in [5.74, 6) is 1.50. The third kappa shape index (κ3) is 4.88. The number of ether oxygens (including phenoxy) is 3. The van der Waals surface area contributed by atoms with Gasteiger partial charge in [-0.1, -0.05) is 30.3 Å². The predicted molar refractivity (Wildman–Crippen MR) is 140 cm³/mol. The van der Waals surface area contributed by atoms with Crippen LogP contribution in [-0.4, -0.2) is 34.9 Å². The highest BCUT2D eigenvalue weighted by Gasteiger charge is 2.33. The molecule has 0 radical (unpaired) electrons. The van der Waals surface area contributed by atoms with Crippen molar-refractivity contribution in [2.45, 2.75) is 19.6 Å². The maximum absolute atomic E-state index is 14.0. The van der Waals surface area contributed by atoms with Crippen molar-refractivity contribution < 1.29 is 23.4 Å². The Kier molecular flexibility index (Phi) is 6.94. The molecule has 0 bridgehead atoms. The molecule has 0 saturated heterocycles. The molecule has 4 aromatic rings. The quantitative estimate of drug-likeness (QED) is 0.343. The Labute approximate surface area is 218 Å². The topological polar surface area (TPSA) is 99.5 Å². The van der Waals surface area contributed by atoms with Gasteiger partial charge in [0.05, 0.1) is 25.5 Å². The van der Waals surface area contributed by atoms with E-state index in [4.69, 9.17) is 14.2 Å². The van der Waals surface area contributed by atoms with Crippen molar-refractivity contribution in [2.24, 2.45) is 0 Å². The van der Waals surface area contributed by atoms with Crippen molar-refractivity contribution in [3.05, 3.63) is 101 Å². The molecular formula is C28H26FN5O4. The molecule has 1 aliphatic rings. The minimum absolute atomic E-state index is 0.0988. The van der Waals surface area contributed by atoms with E-state index in [2.05, 4.69) is 20.7 Å². The lowest BCUT2D eigenvalue weighted by atomic mass is 9.95. The average Bonchev–Trinajstić information content (AvgIpc) is 3.40. The van der Waals surface area contributed by atoms with Gasteiger partial charge in [0.2, 0.25) is 5.95 Å². The molecule has 0 fully saturated rings. The van der Waals surface area contributed by atoms with Gasteiger partial charge in [0.25, 0.3) is 5.91 Å². The standard InChI is InChI=1S/C28H26FN5O4/c1-17-25(27(35)33-23-14-21(36-2)12-13-24(23)37-3)26(34-28(32-17)30-16-31-34)18-8-10-20(11-9-18)38-15-19-6-4-5-7-22(19)29/h4-14,16,26H,15H2,1-3H3,(H,33,35)(H,30,31,32)/t26-/m0/s1. The molecule has 9 nitrogen and oxygen atoms in total. The number of hydrogen-bond acceptors (Lipinski definition) is 7. The number of carbonyl (C=O) groups is 1. The van der Waals surface area contributed by atoms with Crippen LogP contribution in [0, 0.1) is 5.82 Å². The fraction of sp³-hybridized carbons (Fsp3) is 0.179. The second-order valence-corrected chi connectivity index (χ2v) is 8.56. The van der Waals surface area contributed by atoms with Crippen molar-refractivity contribution >= 4 is 17.5 Å². The molecule has 0 aliphatic carbocycles. The first kappa shape index (κ1) is 24.8. The number of allylic oxidation sites excluding steroid dienone is 1. The summed E-state index contributed by atoms with van der Waals surface area (Å²) in [6.45, 7) is 1.91. The Hall–Kier alpha value is -4.86. The first-order valence-electron chi connectivity index (χ1n) is 11.9. The monoisotopic (exact) mass is 515 g/mol. The van der Waals surface area contributed by atoms with Crippen LogP contribution in [0.25, 0.3) is 0 Å². The van der Waals surface area contributed by atoms with Crippen LogP contribution in [0.15, 0.2) is 84.3 Å². The summed E-state index contributed by atoms with van der Waals surface area (Å²) in [5, 5.41) is 10.5. The van der Waals surface area contributed by atoms with Crippen molar-refractivity contribution in [3.63, 3.8) is 0 Å². The van der Waals surface area contributed by atoms with Crippen LogP contribution in [0.5, 0.6) is 17.2 Å². The van der Waals surface area contributed by atoms with Gasteiger partial charge in [0, 0.05) is 17.3 Å². The molecule has 0 saturated carbocycles. The highest BCUT2D eigenvalue weighted by Crippen LogP contribution is 2.37. The van der Waals surface area contributed by atoms with Gasteiger partial charge in [0.15, 0.2) is 0 Å². The number of nitrogens with one attached hydrogen (secondary N) is 2. The second kappa shape index (κ2) is 10.6. The predicted octanol–water partition coefficient (Wildman–Crippen LogP) is 4.94. The lowest BCUT2D eigenvalue weighted by Gasteiger charge is -2.29. The van der Waals surface area contributed by atoms with E-state index < -0.39 is 6.04 Å². The number of carbonyl (C=O) groups excluding carboxylic acids is 1. The van der Waals surface area contributed by atoms with Gasteiger partial charge in [-0.05, 0) is 42.8 Å². The van der Waals surface area contributed by atoms with E-state index in [9.17, 15) is 9.18 Å². The third-order valence-corrected chi connectivity index (χ3v) is 6.24. The van der Waals surface area contributed by atoms with E-state index in [1.807, 2.05) is 19.1 Å². The largest absolute Gasteiger partial charge is 0.497 e.